The second-order valence-electron chi connectivity index (χ2n) is 3.17. The van der Waals surface area contributed by atoms with Gasteiger partial charge in [0.15, 0.2) is 0 Å². The van der Waals surface area contributed by atoms with Crippen LogP contribution in [0.3, 0.4) is 0 Å². The molecule has 0 bridgehead atoms. The standard InChI is InChI=1S/C10H15O4P/c1-8-5-6-9(2)10(7-8)14-15(11,12-3)13-4/h5-7H,1-4H3. The van der Waals surface area contributed by atoms with Crippen molar-refractivity contribution >= 4 is 7.82 Å². The van der Waals surface area contributed by atoms with Crippen LogP contribution in [0.5, 0.6) is 5.75 Å². The number of hydrogen-bond donors (Lipinski definition) is 0. The Hall–Kier alpha value is -0.830. The van der Waals surface area contributed by atoms with Crippen LogP contribution in [0.15, 0.2) is 18.2 Å². The van der Waals surface area contributed by atoms with Crippen LogP contribution in [0, 0.1) is 13.8 Å². The lowest BCUT2D eigenvalue weighted by molar-refractivity contribution is 0.210. The van der Waals surface area contributed by atoms with E-state index < -0.39 is 7.82 Å². The third-order valence-electron chi connectivity index (χ3n) is 2.00. The molecule has 5 heteroatoms. The zero-order chi connectivity index (χ0) is 11.5. The molecule has 0 aliphatic rings. The average Bonchev–Trinajstić information content (AvgIpc) is 2.23. The molecule has 1 rings (SSSR count). The first-order valence-electron chi connectivity index (χ1n) is 4.49. The summed E-state index contributed by atoms with van der Waals surface area (Å²) in [7, 11) is -0.876. The summed E-state index contributed by atoms with van der Waals surface area (Å²) in [4.78, 5) is 0. The first kappa shape index (κ1) is 12.2. The fourth-order valence-electron chi connectivity index (χ4n) is 1.08. The third-order valence-corrected chi connectivity index (χ3v) is 3.32. The summed E-state index contributed by atoms with van der Waals surface area (Å²) in [6.45, 7) is 3.79. The molecule has 1 aromatic carbocycles. The second-order valence-corrected chi connectivity index (χ2v) is 4.98. The Morgan fingerprint density at radius 2 is 1.73 bits per heavy atom. The van der Waals surface area contributed by atoms with Crippen molar-refractivity contribution in [2.75, 3.05) is 14.2 Å². The molecule has 0 aliphatic carbocycles. The van der Waals surface area contributed by atoms with Gasteiger partial charge in [0.1, 0.15) is 5.75 Å². The lowest BCUT2D eigenvalue weighted by Crippen LogP contribution is -1.98. The summed E-state index contributed by atoms with van der Waals surface area (Å²) >= 11 is 0. The molecular weight excluding hydrogens is 215 g/mol. The first-order valence-corrected chi connectivity index (χ1v) is 5.95. The Balaban J connectivity index is 2.98. The van der Waals surface area contributed by atoms with Gasteiger partial charge in [0.2, 0.25) is 0 Å². The molecule has 0 unspecified atom stereocenters. The molecule has 0 fully saturated rings. The van der Waals surface area contributed by atoms with Crippen molar-refractivity contribution in [2.24, 2.45) is 0 Å². The fourth-order valence-corrected chi connectivity index (χ4v) is 1.81. The van der Waals surface area contributed by atoms with E-state index in [-0.39, 0.29) is 0 Å². The number of phosphoric ester groups is 1. The van der Waals surface area contributed by atoms with Gasteiger partial charge in [-0.1, -0.05) is 12.1 Å². The highest BCUT2D eigenvalue weighted by Crippen LogP contribution is 2.48. The number of phosphoric acid groups is 1. The zero-order valence-electron chi connectivity index (χ0n) is 9.31. The quantitative estimate of drug-likeness (QED) is 0.745. The van der Waals surface area contributed by atoms with E-state index in [1.807, 2.05) is 26.0 Å². The summed E-state index contributed by atoms with van der Waals surface area (Å²) in [5, 5.41) is 0. The lowest BCUT2D eigenvalue weighted by Gasteiger charge is -2.15. The van der Waals surface area contributed by atoms with E-state index in [0.717, 1.165) is 11.1 Å². The van der Waals surface area contributed by atoms with Gasteiger partial charge in [-0.15, -0.1) is 0 Å². The van der Waals surface area contributed by atoms with Gasteiger partial charge in [0.25, 0.3) is 0 Å². The largest absolute Gasteiger partial charge is 0.529 e. The van der Waals surface area contributed by atoms with Crippen molar-refractivity contribution in [1.29, 1.82) is 0 Å². The van der Waals surface area contributed by atoms with E-state index in [4.69, 9.17) is 13.6 Å². The average molecular weight is 230 g/mol. The van der Waals surface area contributed by atoms with Gasteiger partial charge in [-0.05, 0) is 31.0 Å². The maximum Gasteiger partial charge on any atom is 0.529 e. The Labute approximate surface area is 89.8 Å². The molecule has 4 nitrogen and oxygen atoms in total. The van der Waals surface area contributed by atoms with Crippen LogP contribution in [-0.2, 0) is 13.6 Å². The molecule has 0 saturated carbocycles. The highest BCUT2D eigenvalue weighted by atomic mass is 31.2. The van der Waals surface area contributed by atoms with Gasteiger partial charge < -0.3 is 4.52 Å². The third kappa shape index (κ3) is 3.06. The SMILES string of the molecule is COP(=O)(OC)Oc1cc(C)ccc1C. The molecule has 0 saturated heterocycles. The Bertz CT molecular complexity index is 381. The second kappa shape index (κ2) is 4.79. The van der Waals surface area contributed by atoms with Crippen molar-refractivity contribution in [3.05, 3.63) is 29.3 Å². The predicted molar refractivity (Wildman–Crippen MR) is 58.2 cm³/mol. The van der Waals surface area contributed by atoms with Gasteiger partial charge in [0, 0.05) is 14.2 Å². The van der Waals surface area contributed by atoms with Gasteiger partial charge in [-0.25, -0.2) is 4.57 Å². The van der Waals surface area contributed by atoms with Crippen molar-refractivity contribution < 1.29 is 18.1 Å². The normalized spacial score (nSPS) is 11.5. The maximum absolute atomic E-state index is 11.7. The van der Waals surface area contributed by atoms with Crippen molar-refractivity contribution in [2.45, 2.75) is 13.8 Å². The van der Waals surface area contributed by atoms with Crippen LogP contribution < -0.4 is 4.52 Å². The van der Waals surface area contributed by atoms with Crippen molar-refractivity contribution in [3.63, 3.8) is 0 Å². The van der Waals surface area contributed by atoms with Gasteiger partial charge >= 0.3 is 7.82 Å². The van der Waals surface area contributed by atoms with E-state index in [2.05, 4.69) is 0 Å². The van der Waals surface area contributed by atoms with Crippen LogP contribution in [0.2, 0.25) is 0 Å². The minimum atomic E-state index is -3.45. The first-order chi connectivity index (χ1) is 7.00. The van der Waals surface area contributed by atoms with Crippen LogP contribution >= 0.6 is 7.82 Å². The summed E-state index contributed by atoms with van der Waals surface area (Å²) in [6.07, 6.45) is 0. The Morgan fingerprint density at radius 1 is 1.13 bits per heavy atom. The summed E-state index contributed by atoms with van der Waals surface area (Å²) in [5.74, 6) is 0.516. The van der Waals surface area contributed by atoms with E-state index in [9.17, 15) is 4.57 Å². The smallest absolute Gasteiger partial charge is 0.404 e. The number of hydrogen-bond acceptors (Lipinski definition) is 4. The molecule has 15 heavy (non-hydrogen) atoms. The van der Waals surface area contributed by atoms with Crippen LogP contribution in [-0.4, -0.2) is 14.2 Å². The highest BCUT2D eigenvalue weighted by molar-refractivity contribution is 7.48. The maximum atomic E-state index is 11.7. The fraction of sp³-hybridized carbons (Fsp3) is 0.400. The zero-order valence-corrected chi connectivity index (χ0v) is 10.2. The number of benzene rings is 1. The van der Waals surface area contributed by atoms with Crippen molar-refractivity contribution in [3.8, 4) is 5.75 Å². The van der Waals surface area contributed by atoms with Crippen molar-refractivity contribution in [1.82, 2.24) is 0 Å². The molecule has 0 aliphatic heterocycles. The van der Waals surface area contributed by atoms with Crippen LogP contribution in [0.25, 0.3) is 0 Å². The van der Waals surface area contributed by atoms with E-state index in [1.165, 1.54) is 14.2 Å². The molecule has 1 aromatic rings. The molecule has 0 radical (unpaired) electrons. The molecular formula is C10H15O4P. The monoisotopic (exact) mass is 230 g/mol. The lowest BCUT2D eigenvalue weighted by atomic mass is 10.1. The predicted octanol–water partition coefficient (Wildman–Crippen LogP) is 3.08. The Morgan fingerprint density at radius 3 is 2.27 bits per heavy atom. The minimum absolute atomic E-state index is 0.516. The molecule has 0 spiro atoms. The number of rotatable bonds is 4. The van der Waals surface area contributed by atoms with Gasteiger partial charge in [-0.3, -0.25) is 9.05 Å². The molecule has 0 amide bonds. The minimum Gasteiger partial charge on any atom is -0.404 e. The van der Waals surface area contributed by atoms with Crippen LogP contribution in [0.1, 0.15) is 11.1 Å². The molecule has 0 aromatic heterocycles. The van der Waals surface area contributed by atoms with E-state index in [1.54, 1.807) is 6.07 Å². The summed E-state index contributed by atoms with van der Waals surface area (Å²) < 4.78 is 26.3. The summed E-state index contributed by atoms with van der Waals surface area (Å²) in [5.41, 5.74) is 1.91. The van der Waals surface area contributed by atoms with Crippen LogP contribution in [0.4, 0.5) is 0 Å². The molecule has 0 heterocycles. The van der Waals surface area contributed by atoms with E-state index >= 15 is 0 Å². The molecule has 84 valence electrons. The topological polar surface area (TPSA) is 44.8 Å². The number of aryl methyl sites for hydroxylation is 2. The van der Waals surface area contributed by atoms with E-state index in [0.29, 0.717) is 5.75 Å². The van der Waals surface area contributed by atoms with Gasteiger partial charge in [-0.2, -0.15) is 0 Å². The molecule has 0 atom stereocenters. The van der Waals surface area contributed by atoms with Gasteiger partial charge in [0.05, 0.1) is 0 Å². The summed E-state index contributed by atoms with van der Waals surface area (Å²) in [6, 6.07) is 5.63. The highest BCUT2D eigenvalue weighted by Gasteiger charge is 2.25. The Kier molecular flexibility index (Phi) is 3.91. The molecule has 0 N–H and O–H groups in total.